The molecule has 0 aliphatic carbocycles. The molecule has 0 radical (unpaired) electrons. The molecule has 0 fully saturated rings. The Balaban J connectivity index is 2.98. The van der Waals surface area contributed by atoms with Crippen LogP contribution in [0.1, 0.15) is 5.56 Å². The molecule has 2 N–H and O–H groups in total. The predicted octanol–water partition coefficient (Wildman–Crippen LogP) is 1.80. The van der Waals surface area contributed by atoms with Crippen molar-refractivity contribution in [2.75, 3.05) is 5.73 Å². The number of nitrogens with two attached hydrogens (primary N) is 1. The number of hydrogen-bond acceptors (Lipinski definition) is 5. The Bertz CT molecular complexity index is 513. The van der Waals surface area contributed by atoms with E-state index < -0.39 is 0 Å². The van der Waals surface area contributed by atoms with Crippen LogP contribution in [0.2, 0.25) is 5.02 Å². The van der Waals surface area contributed by atoms with Crippen molar-refractivity contribution in [2.45, 2.75) is 0 Å². The van der Waals surface area contributed by atoms with Crippen LogP contribution in [0.15, 0.2) is 6.07 Å². The lowest BCUT2D eigenvalue weighted by Gasteiger charge is -1.98. The molecule has 1 aromatic carbocycles. The Hall–Kier alpha value is -1.38. The second-order valence-corrected chi connectivity index (χ2v) is 3.30. The maximum absolute atomic E-state index is 8.81. The normalized spacial score (nSPS) is 10.2. The highest BCUT2D eigenvalue weighted by atomic mass is 35.5. The average molecular weight is 211 g/mol. The van der Waals surface area contributed by atoms with Gasteiger partial charge in [0.05, 0.1) is 22.4 Å². The topological polar surface area (TPSA) is 75.6 Å². The van der Waals surface area contributed by atoms with Gasteiger partial charge in [0.25, 0.3) is 0 Å². The highest BCUT2D eigenvalue weighted by molar-refractivity contribution is 7.00. The molecule has 0 unspecified atom stereocenters. The van der Waals surface area contributed by atoms with Crippen molar-refractivity contribution in [3.05, 3.63) is 16.7 Å². The maximum Gasteiger partial charge on any atom is 0.124 e. The maximum atomic E-state index is 8.81. The summed E-state index contributed by atoms with van der Waals surface area (Å²) < 4.78 is 7.93. The molecule has 0 atom stereocenters. The second-order valence-electron chi connectivity index (χ2n) is 2.40. The molecule has 2 rings (SSSR count). The predicted molar refractivity (Wildman–Crippen MR) is 51.6 cm³/mol. The lowest BCUT2D eigenvalue weighted by Crippen LogP contribution is -1.90. The number of fused-ring (bicyclic) bond motifs is 1. The molecule has 1 aromatic heterocycles. The smallest absolute Gasteiger partial charge is 0.124 e. The summed E-state index contributed by atoms with van der Waals surface area (Å²) in [6.45, 7) is 0. The summed E-state index contributed by atoms with van der Waals surface area (Å²) in [5, 5.41) is 9.06. The van der Waals surface area contributed by atoms with E-state index in [1.807, 2.05) is 6.07 Å². The number of nitrogen functional groups attached to an aromatic ring is 1. The number of anilines is 1. The van der Waals surface area contributed by atoms with Crippen LogP contribution in [0.3, 0.4) is 0 Å². The molecule has 4 nitrogen and oxygen atoms in total. The summed E-state index contributed by atoms with van der Waals surface area (Å²) in [5.74, 6) is 0. The molecule has 6 heteroatoms. The van der Waals surface area contributed by atoms with E-state index in [9.17, 15) is 0 Å². The van der Waals surface area contributed by atoms with Crippen molar-refractivity contribution < 1.29 is 0 Å². The fraction of sp³-hybridized carbons (Fsp3) is 0. The van der Waals surface area contributed by atoms with Crippen molar-refractivity contribution in [1.29, 1.82) is 5.26 Å². The first-order valence-electron chi connectivity index (χ1n) is 3.34. The van der Waals surface area contributed by atoms with Crippen LogP contribution in [-0.4, -0.2) is 8.75 Å². The largest absolute Gasteiger partial charge is 0.397 e. The van der Waals surface area contributed by atoms with E-state index in [0.717, 1.165) is 11.7 Å². The van der Waals surface area contributed by atoms with Gasteiger partial charge in [0.15, 0.2) is 0 Å². The van der Waals surface area contributed by atoms with Gasteiger partial charge in [0, 0.05) is 0 Å². The summed E-state index contributed by atoms with van der Waals surface area (Å²) >= 11 is 6.85. The SMILES string of the molecule is N#Cc1c(Cl)c(N)cc2nsnc12. The fourth-order valence-electron chi connectivity index (χ4n) is 1.02. The second kappa shape index (κ2) is 2.83. The van der Waals surface area contributed by atoms with E-state index in [4.69, 9.17) is 22.6 Å². The van der Waals surface area contributed by atoms with Crippen LogP contribution >= 0.6 is 23.3 Å². The number of rotatable bonds is 0. The van der Waals surface area contributed by atoms with Crippen LogP contribution in [-0.2, 0) is 0 Å². The van der Waals surface area contributed by atoms with Gasteiger partial charge >= 0.3 is 0 Å². The Morgan fingerprint density at radius 3 is 3.00 bits per heavy atom. The number of nitrogens with zero attached hydrogens (tertiary/aromatic N) is 3. The Labute approximate surface area is 82.9 Å². The number of benzene rings is 1. The average Bonchev–Trinajstić information content (AvgIpc) is 2.54. The van der Waals surface area contributed by atoms with Crippen LogP contribution in [0.4, 0.5) is 5.69 Å². The molecule has 0 spiro atoms. The summed E-state index contributed by atoms with van der Waals surface area (Å²) in [5.41, 5.74) is 7.37. The fourth-order valence-corrected chi connectivity index (χ4v) is 1.75. The van der Waals surface area contributed by atoms with Gasteiger partial charge < -0.3 is 5.73 Å². The van der Waals surface area contributed by atoms with Crippen LogP contribution < -0.4 is 5.73 Å². The number of halogens is 1. The summed E-state index contributed by atoms with van der Waals surface area (Å²) in [6.07, 6.45) is 0. The standard InChI is InChI=1S/C7H3ClN4S/c8-6-3(2-9)7-5(1-4(6)10)11-13-12-7/h1H,10H2. The van der Waals surface area contributed by atoms with E-state index in [1.165, 1.54) is 0 Å². The Morgan fingerprint density at radius 2 is 2.31 bits per heavy atom. The van der Waals surface area contributed by atoms with Crippen molar-refractivity contribution in [2.24, 2.45) is 0 Å². The Morgan fingerprint density at radius 1 is 1.54 bits per heavy atom. The molecule has 0 aliphatic rings. The zero-order valence-electron chi connectivity index (χ0n) is 6.28. The van der Waals surface area contributed by atoms with Gasteiger partial charge in [-0.05, 0) is 6.07 Å². The van der Waals surface area contributed by atoms with Crippen molar-refractivity contribution in [1.82, 2.24) is 8.75 Å². The highest BCUT2D eigenvalue weighted by Gasteiger charge is 2.12. The molecule has 0 saturated heterocycles. The molecular weight excluding hydrogens is 208 g/mol. The van der Waals surface area contributed by atoms with E-state index in [1.54, 1.807) is 6.07 Å². The third-order valence-corrected chi connectivity index (χ3v) is 2.58. The zero-order chi connectivity index (χ0) is 9.42. The van der Waals surface area contributed by atoms with Crippen molar-refractivity contribution in [3.63, 3.8) is 0 Å². The molecule has 0 saturated carbocycles. The van der Waals surface area contributed by atoms with Gasteiger partial charge in [0.2, 0.25) is 0 Å². The third-order valence-electron chi connectivity index (χ3n) is 1.63. The number of aromatic nitrogens is 2. The van der Waals surface area contributed by atoms with E-state index in [2.05, 4.69) is 8.75 Å². The first-order chi connectivity index (χ1) is 6.24. The molecule has 0 bridgehead atoms. The van der Waals surface area contributed by atoms with Crippen LogP contribution in [0.5, 0.6) is 0 Å². The van der Waals surface area contributed by atoms with Crippen molar-refractivity contribution >= 4 is 40.0 Å². The van der Waals surface area contributed by atoms with Gasteiger partial charge in [-0.15, -0.1) is 0 Å². The van der Waals surface area contributed by atoms with E-state index in [-0.39, 0.29) is 5.02 Å². The summed E-state index contributed by atoms with van der Waals surface area (Å²) in [7, 11) is 0. The number of nitriles is 1. The molecule has 0 amide bonds. The molecule has 13 heavy (non-hydrogen) atoms. The minimum atomic E-state index is 0.253. The first kappa shape index (κ1) is 8.23. The highest BCUT2D eigenvalue weighted by Crippen LogP contribution is 2.29. The molecule has 1 heterocycles. The molecular formula is C7H3ClN4S. The quantitative estimate of drug-likeness (QED) is 0.673. The third kappa shape index (κ3) is 1.11. The molecule has 2 aromatic rings. The molecule has 0 aliphatic heterocycles. The minimum Gasteiger partial charge on any atom is -0.397 e. The monoisotopic (exact) mass is 210 g/mol. The summed E-state index contributed by atoms with van der Waals surface area (Å²) in [4.78, 5) is 0. The zero-order valence-corrected chi connectivity index (χ0v) is 7.85. The van der Waals surface area contributed by atoms with Gasteiger partial charge in [-0.3, -0.25) is 0 Å². The Kier molecular flexibility index (Phi) is 1.79. The number of hydrogen-bond donors (Lipinski definition) is 1. The summed E-state index contributed by atoms with van der Waals surface area (Å²) in [6, 6.07) is 3.57. The van der Waals surface area contributed by atoms with Crippen LogP contribution in [0.25, 0.3) is 11.0 Å². The minimum absolute atomic E-state index is 0.253. The van der Waals surface area contributed by atoms with E-state index >= 15 is 0 Å². The lowest BCUT2D eigenvalue weighted by atomic mass is 10.2. The van der Waals surface area contributed by atoms with Gasteiger partial charge in [0.1, 0.15) is 22.7 Å². The molecule has 64 valence electrons. The van der Waals surface area contributed by atoms with Gasteiger partial charge in [-0.25, -0.2) is 0 Å². The van der Waals surface area contributed by atoms with Gasteiger partial charge in [-0.1, -0.05) is 11.6 Å². The van der Waals surface area contributed by atoms with Gasteiger partial charge in [-0.2, -0.15) is 14.0 Å². The van der Waals surface area contributed by atoms with E-state index in [0.29, 0.717) is 22.3 Å². The lowest BCUT2D eigenvalue weighted by molar-refractivity contribution is 1.49. The van der Waals surface area contributed by atoms with Crippen molar-refractivity contribution in [3.8, 4) is 6.07 Å². The first-order valence-corrected chi connectivity index (χ1v) is 4.45. The van der Waals surface area contributed by atoms with Crippen LogP contribution in [0, 0.1) is 11.3 Å².